The molecule has 0 fully saturated rings. The molecule has 2 heterocycles. The van der Waals surface area contributed by atoms with Crippen LogP contribution in [0.25, 0.3) is 11.3 Å². The smallest absolute Gasteiger partial charge is 0.435 e. The molecule has 0 saturated heterocycles. The molecule has 35 heavy (non-hydrogen) atoms. The van der Waals surface area contributed by atoms with Crippen molar-refractivity contribution in [3.63, 3.8) is 0 Å². The summed E-state index contributed by atoms with van der Waals surface area (Å²) in [4.78, 5) is 29.0. The lowest BCUT2D eigenvalue weighted by Gasteiger charge is -2.20. The van der Waals surface area contributed by atoms with E-state index in [1.165, 1.54) is 29.8 Å². The summed E-state index contributed by atoms with van der Waals surface area (Å²) in [5.74, 6) is 0.735. The highest BCUT2D eigenvalue weighted by atomic mass is 35.5. The van der Waals surface area contributed by atoms with E-state index in [0.29, 0.717) is 0 Å². The first-order valence-electron chi connectivity index (χ1n) is 10.2. The second kappa shape index (κ2) is 9.46. The Morgan fingerprint density at radius 1 is 1.26 bits per heavy atom. The fraction of sp³-hybridized carbons (Fsp3) is 0.304. The van der Waals surface area contributed by atoms with E-state index in [4.69, 9.17) is 22.8 Å². The molecule has 0 aliphatic carbocycles. The number of nitrogens with one attached hydrogen (secondary N) is 1. The molecule has 3 rings (SSSR count). The number of halogens is 4. The zero-order valence-corrected chi connectivity index (χ0v) is 20.0. The molecule has 12 heteroatoms. The molecule has 0 aliphatic heterocycles. The Hall–Kier alpha value is -3.78. The van der Waals surface area contributed by atoms with Gasteiger partial charge in [0.2, 0.25) is 0 Å². The van der Waals surface area contributed by atoms with Gasteiger partial charge in [0.1, 0.15) is 12.1 Å². The first-order valence-corrected chi connectivity index (χ1v) is 10.5. The number of carbonyl (C=O) groups excluding carboxylic acids is 2. The van der Waals surface area contributed by atoms with E-state index in [1.807, 2.05) is 0 Å². The fourth-order valence-corrected chi connectivity index (χ4v) is 3.40. The van der Waals surface area contributed by atoms with E-state index in [1.54, 1.807) is 20.8 Å². The number of anilines is 1. The number of esters is 1. The molecule has 1 amide bonds. The van der Waals surface area contributed by atoms with E-state index in [2.05, 4.69) is 21.3 Å². The monoisotopic (exact) mass is 507 g/mol. The normalized spacial score (nSPS) is 11.7. The summed E-state index contributed by atoms with van der Waals surface area (Å²) in [5.41, 5.74) is -1.76. The van der Waals surface area contributed by atoms with Crippen LogP contribution in [0, 0.1) is 12.3 Å². The predicted molar refractivity (Wildman–Crippen MR) is 123 cm³/mol. The van der Waals surface area contributed by atoms with Crippen LogP contribution in [0.4, 0.5) is 18.9 Å². The van der Waals surface area contributed by atoms with Gasteiger partial charge in [0.15, 0.2) is 11.5 Å². The molecule has 0 atom stereocenters. The number of carbonyl (C=O) groups is 2. The Kier molecular flexibility index (Phi) is 6.98. The van der Waals surface area contributed by atoms with E-state index in [0.717, 1.165) is 17.1 Å². The molecule has 2 aromatic heterocycles. The SMILES string of the molecule is C#CCn1cc(-c2cnc(C(=O)Nc3ccc(C(=O)OC(C)(C)C)c(Cl)c3)n2C)c(C(F)(F)F)n1. The number of benzene rings is 1. The number of hydrogen-bond acceptors (Lipinski definition) is 5. The van der Waals surface area contributed by atoms with E-state index < -0.39 is 29.3 Å². The van der Waals surface area contributed by atoms with Crippen LogP contribution >= 0.6 is 11.6 Å². The third-order valence-corrected chi connectivity index (χ3v) is 4.91. The van der Waals surface area contributed by atoms with Crippen LogP contribution in [0.2, 0.25) is 5.02 Å². The van der Waals surface area contributed by atoms with Crippen molar-refractivity contribution < 1.29 is 27.5 Å². The average molecular weight is 508 g/mol. The van der Waals surface area contributed by atoms with Gasteiger partial charge in [-0.25, -0.2) is 9.78 Å². The van der Waals surface area contributed by atoms with Crippen molar-refractivity contribution in [3.05, 3.63) is 52.7 Å². The second-order valence-electron chi connectivity index (χ2n) is 8.47. The van der Waals surface area contributed by atoms with Gasteiger partial charge in [0.25, 0.3) is 5.91 Å². The molecule has 0 aliphatic rings. The topological polar surface area (TPSA) is 91.0 Å². The van der Waals surface area contributed by atoms with Gasteiger partial charge in [-0.05, 0) is 39.0 Å². The summed E-state index contributed by atoms with van der Waals surface area (Å²) in [5, 5.41) is 6.13. The van der Waals surface area contributed by atoms with Gasteiger partial charge in [-0.2, -0.15) is 18.3 Å². The zero-order chi connectivity index (χ0) is 26.1. The summed E-state index contributed by atoms with van der Waals surface area (Å²) in [6, 6.07) is 4.19. The van der Waals surface area contributed by atoms with Crippen molar-refractivity contribution in [1.82, 2.24) is 19.3 Å². The van der Waals surface area contributed by atoms with Crippen molar-refractivity contribution in [2.75, 3.05) is 5.32 Å². The maximum absolute atomic E-state index is 13.5. The molecule has 0 unspecified atom stereocenters. The molecule has 1 N–H and O–H groups in total. The molecular weight excluding hydrogens is 487 g/mol. The number of terminal acetylenes is 1. The number of hydrogen-bond donors (Lipinski definition) is 1. The van der Waals surface area contributed by atoms with Gasteiger partial charge in [0, 0.05) is 18.9 Å². The van der Waals surface area contributed by atoms with Crippen LogP contribution in [0.5, 0.6) is 0 Å². The van der Waals surface area contributed by atoms with E-state index in [9.17, 15) is 22.8 Å². The van der Waals surface area contributed by atoms with E-state index in [-0.39, 0.29) is 39.9 Å². The third-order valence-electron chi connectivity index (χ3n) is 4.60. The van der Waals surface area contributed by atoms with Crippen molar-refractivity contribution in [1.29, 1.82) is 0 Å². The largest absolute Gasteiger partial charge is 0.456 e. The molecule has 0 saturated carbocycles. The second-order valence-corrected chi connectivity index (χ2v) is 8.87. The van der Waals surface area contributed by atoms with Crippen molar-refractivity contribution >= 4 is 29.2 Å². The first kappa shape index (κ1) is 25.8. The highest BCUT2D eigenvalue weighted by Gasteiger charge is 2.38. The summed E-state index contributed by atoms with van der Waals surface area (Å²) in [7, 11) is 1.40. The van der Waals surface area contributed by atoms with Crippen LogP contribution in [0.3, 0.4) is 0 Å². The van der Waals surface area contributed by atoms with Crippen LogP contribution < -0.4 is 5.32 Å². The van der Waals surface area contributed by atoms with Crippen molar-refractivity contribution in [2.24, 2.45) is 7.05 Å². The molecular formula is C23H21ClF3N5O3. The summed E-state index contributed by atoms with van der Waals surface area (Å²) in [6.45, 7) is 4.99. The third kappa shape index (κ3) is 5.84. The lowest BCUT2D eigenvalue weighted by atomic mass is 10.1. The molecule has 3 aromatic rings. The Balaban J connectivity index is 1.86. The standard InChI is InChI=1S/C23H21ClF3N5O3/c1-6-9-32-12-15(18(30-32)23(25,26)27)17-11-28-19(31(17)5)20(33)29-13-7-8-14(16(24)10-13)21(34)35-22(2,3)4/h1,7-8,10-12H,9H2,2-5H3,(H,29,33). The number of nitrogens with zero attached hydrogens (tertiary/aromatic N) is 4. The summed E-state index contributed by atoms with van der Waals surface area (Å²) < 4.78 is 48.0. The Labute approximate surface area is 204 Å². The summed E-state index contributed by atoms with van der Waals surface area (Å²) in [6.07, 6.45) is 2.73. The number of aromatic nitrogens is 4. The quantitative estimate of drug-likeness (QED) is 0.396. The van der Waals surface area contributed by atoms with Gasteiger partial charge >= 0.3 is 12.1 Å². The van der Waals surface area contributed by atoms with Crippen molar-refractivity contribution in [2.45, 2.75) is 39.1 Å². The van der Waals surface area contributed by atoms with Gasteiger partial charge in [-0.15, -0.1) is 6.42 Å². The van der Waals surface area contributed by atoms with Crippen LogP contribution in [-0.4, -0.2) is 36.8 Å². The zero-order valence-electron chi connectivity index (χ0n) is 19.2. The molecule has 0 spiro atoms. The maximum atomic E-state index is 13.5. The van der Waals surface area contributed by atoms with Crippen molar-refractivity contribution in [3.8, 4) is 23.6 Å². The Bertz CT molecular complexity index is 1330. The molecule has 0 bridgehead atoms. The summed E-state index contributed by atoms with van der Waals surface area (Å²) >= 11 is 6.18. The Morgan fingerprint density at radius 3 is 2.51 bits per heavy atom. The lowest BCUT2D eigenvalue weighted by Crippen LogP contribution is -2.24. The minimum Gasteiger partial charge on any atom is -0.456 e. The van der Waals surface area contributed by atoms with Gasteiger partial charge in [-0.3, -0.25) is 9.48 Å². The number of rotatable bonds is 5. The fourth-order valence-electron chi connectivity index (χ4n) is 3.14. The van der Waals surface area contributed by atoms with Gasteiger partial charge in [0.05, 0.1) is 28.0 Å². The molecule has 184 valence electrons. The highest BCUT2D eigenvalue weighted by molar-refractivity contribution is 6.34. The predicted octanol–water partition coefficient (Wildman–Crippen LogP) is 4.80. The van der Waals surface area contributed by atoms with Gasteiger partial charge in [-0.1, -0.05) is 17.5 Å². The van der Waals surface area contributed by atoms with Crippen LogP contribution in [0.15, 0.2) is 30.6 Å². The van der Waals surface area contributed by atoms with E-state index >= 15 is 0 Å². The number of alkyl halides is 3. The first-order chi connectivity index (χ1) is 16.2. The van der Waals surface area contributed by atoms with Crippen LogP contribution in [-0.2, 0) is 24.5 Å². The molecule has 8 nitrogen and oxygen atoms in total. The lowest BCUT2D eigenvalue weighted by molar-refractivity contribution is -0.141. The minimum atomic E-state index is -4.74. The number of imidazole rings is 1. The number of amides is 1. The van der Waals surface area contributed by atoms with Crippen LogP contribution in [0.1, 0.15) is 47.4 Å². The molecule has 0 radical (unpaired) electrons. The van der Waals surface area contributed by atoms with Gasteiger partial charge < -0.3 is 14.6 Å². The highest BCUT2D eigenvalue weighted by Crippen LogP contribution is 2.36. The average Bonchev–Trinajstić information content (AvgIpc) is 3.30. The molecule has 1 aromatic carbocycles. The number of ether oxygens (including phenoxy) is 1. The Morgan fingerprint density at radius 2 is 1.94 bits per heavy atom. The maximum Gasteiger partial charge on any atom is 0.435 e. The minimum absolute atomic E-state index is 0.0176.